The number of methoxy groups -OCH3 is 1. The van der Waals surface area contributed by atoms with E-state index in [0.717, 1.165) is 12.0 Å². The van der Waals surface area contributed by atoms with Crippen LogP contribution in [-0.2, 0) is 14.3 Å². The van der Waals surface area contributed by atoms with Gasteiger partial charge in [-0.05, 0) is 37.5 Å². The summed E-state index contributed by atoms with van der Waals surface area (Å²) in [6, 6.07) is 4.75. The van der Waals surface area contributed by atoms with Crippen LogP contribution in [0.5, 0.6) is 0 Å². The molecule has 1 rings (SSSR count). The largest absolute Gasteiger partial charge is 0.385 e. The summed E-state index contributed by atoms with van der Waals surface area (Å²) in [4.78, 5) is 23.1. The molecule has 0 saturated carbocycles. The first-order valence-corrected chi connectivity index (χ1v) is 6.87. The number of anilines is 2. The molecule has 6 heteroatoms. The van der Waals surface area contributed by atoms with Gasteiger partial charge in [-0.25, -0.2) is 0 Å². The number of nitrogens with two attached hydrogens (primary N) is 1. The standard InChI is InChI=1S/C15H23N3O3/c1-10-6-7-12(9-14(10)17-11(2)19)18-15(20)13(16)5-4-8-21-3/h6-7,9,13H,4-5,8,16H2,1-3H3,(H,17,19)(H,18,20). The molecule has 21 heavy (non-hydrogen) atoms. The lowest BCUT2D eigenvalue weighted by Crippen LogP contribution is -2.35. The average molecular weight is 293 g/mol. The van der Waals surface area contributed by atoms with Gasteiger partial charge < -0.3 is 21.1 Å². The van der Waals surface area contributed by atoms with Crippen LogP contribution in [0, 0.1) is 6.92 Å². The SMILES string of the molecule is COCCCC(N)C(=O)Nc1ccc(C)c(NC(C)=O)c1. The molecule has 0 saturated heterocycles. The molecule has 0 aliphatic heterocycles. The number of hydrogen-bond acceptors (Lipinski definition) is 4. The monoisotopic (exact) mass is 293 g/mol. The quantitative estimate of drug-likeness (QED) is 0.666. The molecular formula is C15H23N3O3. The lowest BCUT2D eigenvalue weighted by molar-refractivity contribution is -0.117. The van der Waals surface area contributed by atoms with Crippen molar-refractivity contribution < 1.29 is 14.3 Å². The van der Waals surface area contributed by atoms with Crippen molar-refractivity contribution in [2.75, 3.05) is 24.4 Å². The van der Waals surface area contributed by atoms with Gasteiger partial charge in [0.1, 0.15) is 0 Å². The smallest absolute Gasteiger partial charge is 0.241 e. The van der Waals surface area contributed by atoms with E-state index in [2.05, 4.69) is 10.6 Å². The highest BCUT2D eigenvalue weighted by molar-refractivity contribution is 5.96. The Balaban J connectivity index is 2.65. The molecule has 6 nitrogen and oxygen atoms in total. The molecule has 0 aliphatic carbocycles. The summed E-state index contributed by atoms with van der Waals surface area (Å²) in [7, 11) is 1.61. The molecule has 4 N–H and O–H groups in total. The van der Waals surface area contributed by atoms with E-state index in [1.54, 1.807) is 19.2 Å². The highest BCUT2D eigenvalue weighted by Gasteiger charge is 2.13. The lowest BCUT2D eigenvalue weighted by Gasteiger charge is -2.14. The molecule has 1 unspecified atom stereocenters. The van der Waals surface area contributed by atoms with E-state index in [1.807, 2.05) is 13.0 Å². The van der Waals surface area contributed by atoms with Crippen LogP contribution >= 0.6 is 0 Å². The number of ether oxygens (including phenoxy) is 1. The van der Waals surface area contributed by atoms with E-state index in [0.29, 0.717) is 24.4 Å². The number of aryl methyl sites for hydroxylation is 1. The van der Waals surface area contributed by atoms with Crippen LogP contribution in [0.2, 0.25) is 0 Å². The topological polar surface area (TPSA) is 93.4 Å². The Morgan fingerprint density at radius 1 is 1.33 bits per heavy atom. The molecule has 0 radical (unpaired) electrons. The fraction of sp³-hybridized carbons (Fsp3) is 0.467. The van der Waals surface area contributed by atoms with E-state index in [4.69, 9.17) is 10.5 Å². The Kier molecular flexibility index (Phi) is 6.84. The van der Waals surface area contributed by atoms with Gasteiger partial charge in [-0.3, -0.25) is 9.59 Å². The first kappa shape index (κ1) is 17.1. The first-order chi connectivity index (χ1) is 9.93. The molecular weight excluding hydrogens is 270 g/mol. The summed E-state index contributed by atoms with van der Waals surface area (Å²) in [5, 5.41) is 5.47. The molecule has 0 fully saturated rings. The Labute approximate surface area is 125 Å². The van der Waals surface area contributed by atoms with E-state index in [-0.39, 0.29) is 11.8 Å². The second kappa shape index (κ2) is 8.39. The van der Waals surface area contributed by atoms with Crippen molar-refractivity contribution in [1.29, 1.82) is 0 Å². The molecule has 0 spiro atoms. The van der Waals surface area contributed by atoms with Gasteiger partial charge in [-0.1, -0.05) is 6.07 Å². The number of rotatable bonds is 7. The zero-order valence-corrected chi connectivity index (χ0v) is 12.7. The van der Waals surface area contributed by atoms with Crippen molar-refractivity contribution >= 4 is 23.2 Å². The maximum absolute atomic E-state index is 12.0. The number of hydrogen-bond donors (Lipinski definition) is 3. The predicted molar refractivity (Wildman–Crippen MR) is 83.2 cm³/mol. The normalized spacial score (nSPS) is 11.8. The van der Waals surface area contributed by atoms with Crippen LogP contribution in [0.25, 0.3) is 0 Å². The number of amides is 2. The van der Waals surface area contributed by atoms with Gasteiger partial charge in [0.25, 0.3) is 0 Å². The Morgan fingerprint density at radius 2 is 2.05 bits per heavy atom. The van der Waals surface area contributed by atoms with Crippen molar-refractivity contribution in [2.24, 2.45) is 5.73 Å². The highest BCUT2D eigenvalue weighted by Crippen LogP contribution is 2.20. The second-order valence-electron chi connectivity index (χ2n) is 4.94. The van der Waals surface area contributed by atoms with Crippen molar-refractivity contribution in [3.8, 4) is 0 Å². The van der Waals surface area contributed by atoms with Crippen LogP contribution in [0.15, 0.2) is 18.2 Å². The van der Waals surface area contributed by atoms with Gasteiger partial charge in [-0.2, -0.15) is 0 Å². The summed E-state index contributed by atoms with van der Waals surface area (Å²) in [5.41, 5.74) is 8.02. The maximum atomic E-state index is 12.0. The third kappa shape index (κ3) is 5.93. The number of carbonyl (C=O) groups excluding carboxylic acids is 2. The third-order valence-electron chi connectivity index (χ3n) is 3.02. The average Bonchev–Trinajstić information content (AvgIpc) is 2.42. The zero-order valence-electron chi connectivity index (χ0n) is 12.7. The van der Waals surface area contributed by atoms with E-state index >= 15 is 0 Å². The zero-order chi connectivity index (χ0) is 15.8. The lowest BCUT2D eigenvalue weighted by atomic mass is 10.1. The Hall–Kier alpha value is -1.92. The van der Waals surface area contributed by atoms with E-state index < -0.39 is 6.04 Å². The third-order valence-corrected chi connectivity index (χ3v) is 3.02. The van der Waals surface area contributed by atoms with Gasteiger partial charge in [0, 0.05) is 32.0 Å². The molecule has 2 amide bonds. The van der Waals surface area contributed by atoms with Crippen LogP contribution in [0.3, 0.4) is 0 Å². The van der Waals surface area contributed by atoms with Crippen LogP contribution < -0.4 is 16.4 Å². The number of benzene rings is 1. The van der Waals surface area contributed by atoms with Crippen LogP contribution in [0.1, 0.15) is 25.3 Å². The second-order valence-corrected chi connectivity index (χ2v) is 4.94. The summed E-state index contributed by atoms with van der Waals surface area (Å²) >= 11 is 0. The minimum absolute atomic E-state index is 0.155. The van der Waals surface area contributed by atoms with Gasteiger partial charge in [-0.15, -0.1) is 0 Å². The molecule has 1 atom stereocenters. The molecule has 0 bridgehead atoms. The summed E-state index contributed by atoms with van der Waals surface area (Å²) < 4.78 is 4.93. The number of nitrogens with one attached hydrogen (secondary N) is 2. The van der Waals surface area contributed by atoms with Gasteiger partial charge in [0.15, 0.2) is 0 Å². The molecule has 0 heterocycles. The van der Waals surface area contributed by atoms with Gasteiger partial charge in [0.2, 0.25) is 11.8 Å². The summed E-state index contributed by atoms with van der Waals surface area (Å²) in [5.74, 6) is -0.401. The van der Waals surface area contributed by atoms with Crippen LogP contribution in [0.4, 0.5) is 11.4 Å². The number of carbonyl (C=O) groups is 2. The molecule has 1 aromatic rings. The predicted octanol–water partition coefficient (Wildman–Crippen LogP) is 1.65. The van der Waals surface area contributed by atoms with Crippen molar-refractivity contribution in [1.82, 2.24) is 0 Å². The molecule has 116 valence electrons. The van der Waals surface area contributed by atoms with Crippen molar-refractivity contribution in [3.63, 3.8) is 0 Å². The molecule has 1 aromatic carbocycles. The van der Waals surface area contributed by atoms with Gasteiger partial charge >= 0.3 is 0 Å². The first-order valence-electron chi connectivity index (χ1n) is 6.87. The minimum atomic E-state index is -0.578. The molecule has 0 aromatic heterocycles. The van der Waals surface area contributed by atoms with Crippen LogP contribution in [-0.4, -0.2) is 31.6 Å². The maximum Gasteiger partial charge on any atom is 0.241 e. The summed E-state index contributed by atoms with van der Waals surface area (Å²) in [6.07, 6.45) is 1.29. The fourth-order valence-electron chi connectivity index (χ4n) is 1.84. The Bertz CT molecular complexity index is 503. The Morgan fingerprint density at radius 3 is 2.67 bits per heavy atom. The van der Waals surface area contributed by atoms with Gasteiger partial charge in [0.05, 0.1) is 6.04 Å². The fourth-order valence-corrected chi connectivity index (χ4v) is 1.84. The van der Waals surface area contributed by atoms with Crippen molar-refractivity contribution in [2.45, 2.75) is 32.7 Å². The van der Waals surface area contributed by atoms with Crippen molar-refractivity contribution in [3.05, 3.63) is 23.8 Å². The molecule has 0 aliphatic rings. The minimum Gasteiger partial charge on any atom is -0.385 e. The van der Waals surface area contributed by atoms with E-state index in [9.17, 15) is 9.59 Å². The van der Waals surface area contributed by atoms with E-state index in [1.165, 1.54) is 6.92 Å². The highest BCUT2D eigenvalue weighted by atomic mass is 16.5. The summed E-state index contributed by atoms with van der Waals surface area (Å²) in [6.45, 7) is 3.90.